The number of nitrogens with two attached hydrogens (primary N) is 1. The first-order valence-corrected chi connectivity index (χ1v) is 10.5. The number of rotatable bonds is 4. The predicted octanol–water partition coefficient (Wildman–Crippen LogP) is 0.730. The topological polar surface area (TPSA) is 152 Å². The number of carbonyl (C=O) groups excluding carboxylic acids is 1. The highest BCUT2D eigenvalue weighted by molar-refractivity contribution is 7.80. The van der Waals surface area contributed by atoms with Crippen LogP contribution in [-0.2, 0) is 14.7 Å². The number of fused-ring (bicyclic) bond motifs is 3. The molecule has 1 aromatic rings. The van der Waals surface area contributed by atoms with Crippen molar-refractivity contribution in [3.63, 3.8) is 0 Å². The zero-order valence-corrected chi connectivity index (χ0v) is 15.3. The Bertz CT molecular complexity index is 883. The summed E-state index contributed by atoms with van der Waals surface area (Å²) in [7, 11) is -4.78. The number of urea groups is 1. The van der Waals surface area contributed by atoms with Crippen molar-refractivity contribution in [2.75, 3.05) is 6.54 Å². The minimum atomic E-state index is -4.78. The van der Waals surface area contributed by atoms with Gasteiger partial charge >= 0.3 is 16.4 Å². The number of hydrogen-bond acceptors (Lipinski definition) is 8. The summed E-state index contributed by atoms with van der Waals surface area (Å²) in [4.78, 5) is 14.2. The number of piperidine rings is 1. The summed E-state index contributed by atoms with van der Waals surface area (Å²) in [5.41, 5.74) is 5.71. The van der Waals surface area contributed by atoms with E-state index in [0.717, 1.165) is 37.2 Å². The number of nitrogens with zero attached hydrogens (tertiary/aromatic N) is 4. The normalized spacial score (nSPS) is 34.7. The molecule has 2 amide bonds. The molecule has 1 aromatic heterocycles. The van der Waals surface area contributed by atoms with E-state index < -0.39 is 28.5 Å². The quantitative estimate of drug-likeness (QED) is 0.698. The van der Waals surface area contributed by atoms with E-state index in [1.54, 1.807) is 0 Å². The number of hydrogen-bond donors (Lipinski definition) is 2. The van der Waals surface area contributed by atoms with Gasteiger partial charge in [0.25, 0.3) is 0 Å². The molecule has 2 bridgehead atoms. The lowest BCUT2D eigenvalue weighted by Crippen LogP contribution is -2.43. The highest BCUT2D eigenvalue weighted by Gasteiger charge is 2.65. The molecule has 2 saturated heterocycles. The molecule has 0 aromatic carbocycles. The van der Waals surface area contributed by atoms with E-state index in [4.69, 9.17) is 14.7 Å². The van der Waals surface area contributed by atoms with Crippen LogP contribution in [0.1, 0.15) is 62.3 Å². The molecular weight excluding hydrogens is 378 g/mol. The van der Waals surface area contributed by atoms with Gasteiger partial charge < -0.3 is 15.1 Å². The molecule has 148 valence electrons. The first-order chi connectivity index (χ1) is 12.8. The summed E-state index contributed by atoms with van der Waals surface area (Å²) < 4.78 is 41.8. The van der Waals surface area contributed by atoms with Crippen LogP contribution in [0.4, 0.5) is 4.79 Å². The van der Waals surface area contributed by atoms with Gasteiger partial charge in [0, 0.05) is 18.5 Å². The largest absolute Gasteiger partial charge is 0.423 e. The summed E-state index contributed by atoms with van der Waals surface area (Å²) in [6.07, 6.45) is 4.91. The average molecular weight is 399 g/mol. The van der Waals surface area contributed by atoms with E-state index >= 15 is 0 Å². The van der Waals surface area contributed by atoms with Crippen molar-refractivity contribution >= 4 is 16.4 Å². The number of carbonyl (C=O) groups is 1. The van der Waals surface area contributed by atoms with Crippen molar-refractivity contribution in [2.45, 2.75) is 62.6 Å². The third kappa shape index (κ3) is 2.82. The molecule has 0 radical (unpaired) electrons. The van der Waals surface area contributed by atoms with Gasteiger partial charge in [0.1, 0.15) is 6.04 Å². The molecule has 27 heavy (non-hydrogen) atoms. The minimum absolute atomic E-state index is 0.140. The Balaban J connectivity index is 1.42. The fourth-order valence-electron chi connectivity index (χ4n) is 4.82. The van der Waals surface area contributed by atoms with E-state index in [1.165, 1.54) is 4.90 Å². The minimum Gasteiger partial charge on any atom is -0.423 e. The molecule has 12 heteroatoms. The molecule has 2 aliphatic carbocycles. The molecule has 1 spiro atoms. The molecule has 11 nitrogen and oxygen atoms in total. The summed E-state index contributed by atoms with van der Waals surface area (Å²) in [6, 6.07) is -1.32. The Hall–Kier alpha value is -1.76. The molecular formula is C15H21N5O6S. The molecule has 5 rings (SSSR count). The lowest BCUT2D eigenvalue weighted by atomic mass is 9.85. The second kappa shape index (κ2) is 5.63. The van der Waals surface area contributed by atoms with Crippen molar-refractivity contribution in [3.8, 4) is 0 Å². The van der Waals surface area contributed by atoms with Crippen LogP contribution < -0.4 is 5.73 Å². The van der Waals surface area contributed by atoms with Gasteiger partial charge in [-0.25, -0.2) is 4.79 Å². The fourth-order valence-corrected chi connectivity index (χ4v) is 5.19. The zero-order chi connectivity index (χ0) is 19.0. The van der Waals surface area contributed by atoms with E-state index in [1.807, 2.05) is 0 Å². The Morgan fingerprint density at radius 3 is 2.63 bits per heavy atom. The van der Waals surface area contributed by atoms with Crippen molar-refractivity contribution in [2.24, 2.45) is 11.1 Å². The van der Waals surface area contributed by atoms with Crippen LogP contribution in [0.25, 0.3) is 0 Å². The van der Waals surface area contributed by atoms with Crippen LogP contribution >= 0.6 is 0 Å². The van der Waals surface area contributed by atoms with Crippen molar-refractivity contribution in [1.82, 2.24) is 20.2 Å². The highest BCUT2D eigenvalue weighted by Crippen LogP contribution is 2.61. The maximum Gasteiger partial charge on any atom is 0.418 e. The number of amides is 2. The summed E-state index contributed by atoms with van der Waals surface area (Å²) in [5.74, 6) is 1.04. The fraction of sp³-hybridized carbons (Fsp3) is 0.800. The van der Waals surface area contributed by atoms with Gasteiger partial charge in [0.2, 0.25) is 11.8 Å². The van der Waals surface area contributed by atoms with E-state index in [0.29, 0.717) is 24.7 Å². The highest BCUT2D eigenvalue weighted by atomic mass is 32.3. The Morgan fingerprint density at radius 1 is 1.26 bits per heavy atom. The predicted molar refractivity (Wildman–Crippen MR) is 88.3 cm³/mol. The number of hydroxylamine groups is 2. The van der Waals surface area contributed by atoms with Crippen molar-refractivity contribution in [3.05, 3.63) is 11.8 Å². The van der Waals surface area contributed by atoms with E-state index in [2.05, 4.69) is 14.5 Å². The van der Waals surface area contributed by atoms with Crippen LogP contribution in [0.2, 0.25) is 0 Å². The first kappa shape index (κ1) is 17.3. The van der Waals surface area contributed by atoms with Gasteiger partial charge in [-0.3, -0.25) is 4.55 Å². The standard InChI is InChI=1S/C15H21N5O6S/c16-9-2-1-8(5-9)12-17-18-13(25-12)10-6-15(3-4-15)11-7-19(10)14(21)20(11)26-27(22,23)24/h8-11H,1-7,16H2,(H,22,23,24)/t8-,9-,10+,11+/m1/s1. The lowest BCUT2D eigenvalue weighted by Gasteiger charge is -2.34. The Kier molecular flexibility index (Phi) is 3.61. The third-order valence-corrected chi connectivity index (χ3v) is 6.75. The monoisotopic (exact) mass is 399 g/mol. The molecule has 4 atom stereocenters. The average Bonchev–Trinajstić information content (AvgIpc) is 2.97. The Labute approximate surface area is 155 Å². The zero-order valence-electron chi connectivity index (χ0n) is 14.5. The molecule has 4 fully saturated rings. The molecule has 3 heterocycles. The van der Waals surface area contributed by atoms with Crippen molar-refractivity contribution < 1.29 is 26.5 Å². The molecule has 4 aliphatic rings. The smallest absolute Gasteiger partial charge is 0.418 e. The summed E-state index contributed by atoms with van der Waals surface area (Å²) in [5, 5.41) is 9.13. The SMILES string of the molecule is N[C@@H]1CC[C@@H](c2nnc([C@@H]3CC4(CC4)[C@@H]4CN3C(=O)N4OS(=O)(=O)O)o2)C1. The van der Waals surface area contributed by atoms with Crippen LogP contribution in [-0.4, -0.2) is 57.8 Å². The maximum atomic E-state index is 12.7. The van der Waals surface area contributed by atoms with Gasteiger partial charge in [-0.05, 0) is 43.9 Å². The maximum absolute atomic E-state index is 12.7. The number of aromatic nitrogens is 2. The third-order valence-electron chi connectivity index (χ3n) is 6.40. The van der Waals surface area contributed by atoms with E-state index in [9.17, 15) is 13.2 Å². The van der Waals surface area contributed by atoms with Gasteiger partial charge in [-0.2, -0.15) is 13.5 Å². The van der Waals surface area contributed by atoms with Gasteiger partial charge in [0.15, 0.2) is 0 Å². The van der Waals surface area contributed by atoms with Gasteiger partial charge in [0.05, 0.1) is 6.04 Å². The molecule has 0 unspecified atom stereocenters. The van der Waals surface area contributed by atoms with Crippen LogP contribution in [0, 0.1) is 5.41 Å². The first-order valence-electron chi connectivity index (χ1n) is 9.11. The van der Waals surface area contributed by atoms with Crippen LogP contribution in [0.15, 0.2) is 4.42 Å². The van der Waals surface area contributed by atoms with Crippen LogP contribution in [0.5, 0.6) is 0 Å². The van der Waals surface area contributed by atoms with Gasteiger partial charge in [-0.1, -0.05) is 0 Å². The molecule has 3 N–H and O–H groups in total. The lowest BCUT2D eigenvalue weighted by molar-refractivity contribution is -0.0530. The van der Waals surface area contributed by atoms with Crippen LogP contribution in [0.3, 0.4) is 0 Å². The molecule has 2 aliphatic heterocycles. The molecule has 2 saturated carbocycles. The summed E-state index contributed by atoms with van der Waals surface area (Å²) in [6.45, 7) is 0.297. The summed E-state index contributed by atoms with van der Waals surface area (Å²) >= 11 is 0. The van der Waals surface area contributed by atoms with Gasteiger partial charge in [-0.15, -0.1) is 14.5 Å². The van der Waals surface area contributed by atoms with Crippen molar-refractivity contribution in [1.29, 1.82) is 0 Å². The van der Waals surface area contributed by atoms with E-state index in [-0.39, 0.29) is 17.4 Å². The second-order valence-electron chi connectivity index (χ2n) is 8.11. The second-order valence-corrected chi connectivity index (χ2v) is 9.11. The Morgan fingerprint density at radius 2 is 2.00 bits per heavy atom.